The van der Waals surface area contributed by atoms with E-state index in [-0.39, 0.29) is 0 Å². The number of rotatable bonds is 12. The van der Waals surface area contributed by atoms with E-state index in [1.165, 1.54) is 0 Å². The first-order valence-corrected chi connectivity index (χ1v) is 8.68. The van der Waals surface area contributed by atoms with Crippen LogP contribution in [0.15, 0.2) is 0 Å². The first-order chi connectivity index (χ1) is 17.6. The molecule has 0 aromatic rings. The van der Waals surface area contributed by atoms with Crippen molar-refractivity contribution in [2.75, 3.05) is 0 Å². The zero-order chi connectivity index (χ0) is 33.6. The SMILES string of the molecule is FC(F)C(F)(O[B-](OC(F)(C(F)F)C(F)(F)F)(OC(F)(C(F)F)C(F)(F)F)OC(F)(C(F)F)C(F)(F)F)C(F)(F)F. The Morgan fingerprint density at radius 1 is 0.293 bits per heavy atom. The van der Waals surface area contributed by atoms with Gasteiger partial charge in [-0.1, -0.05) is 0 Å². The van der Waals surface area contributed by atoms with Crippen LogP contribution < -0.4 is 0 Å². The third-order valence-corrected chi connectivity index (χ3v) is 3.93. The number of halogens is 24. The van der Waals surface area contributed by atoms with Gasteiger partial charge in [0.25, 0.3) is 0 Å². The third-order valence-electron chi connectivity index (χ3n) is 3.93. The van der Waals surface area contributed by atoms with Crippen molar-refractivity contribution in [3.63, 3.8) is 0 Å². The van der Waals surface area contributed by atoms with Crippen molar-refractivity contribution < 1.29 is 124 Å². The average Bonchev–Trinajstić information content (AvgIpc) is 2.69. The maximum atomic E-state index is 14.0. The van der Waals surface area contributed by atoms with Crippen molar-refractivity contribution in [2.45, 2.75) is 73.8 Å². The van der Waals surface area contributed by atoms with Crippen LogP contribution in [0.25, 0.3) is 0 Å². The zero-order valence-electron chi connectivity index (χ0n) is 17.6. The van der Waals surface area contributed by atoms with Gasteiger partial charge in [-0.25, -0.2) is 35.1 Å². The minimum Gasteiger partial charge on any atom is -0.478 e. The largest absolute Gasteiger partial charge is 0.541 e. The second-order valence-corrected chi connectivity index (χ2v) is 6.82. The molecule has 4 unspecified atom stereocenters. The van der Waals surface area contributed by atoms with Crippen LogP contribution in [0.4, 0.5) is 105 Å². The molecule has 41 heavy (non-hydrogen) atoms. The molecule has 0 amide bonds. The highest BCUT2D eigenvalue weighted by atomic mass is 19.4. The summed E-state index contributed by atoms with van der Waals surface area (Å²) in [4.78, 5) is 0. The molecule has 0 spiro atoms. The van der Waals surface area contributed by atoms with Crippen molar-refractivity contribution in [3.05, 3.63) is 0 Å². The van der Waals surface area contributed by atoms with Gasteiger partial charge in [-0.05, 0) is 0 Å². The van der Waals surface area contributed by atoms with E-state index in [1.54, 1.807) is 0 Å². The molecule has 4 atom stereocenters. The highest BCUT2D eigenvalue weighted by Gasteiger charge is 2.77. The lowest BCUT2D eigenvalue weighted by Gasteiger charge is -2.53. The van der Waals surface area contributed by atoms with Crippen LogP contribution in [0.2, 0.25) is 0 Å². The molecular formula is C12H4BF24O4-. The van der Waals surface area contributed by atoms with Gasteiger partial charge in [0.15, 0.2) is 0 Å². The molecule has 0 N–H and O–H groups in total. The standard InChI is InChI=1S/C12H4BF24O4/c14-1(15)5(22,9(26,27)28)38-13(39-6(23,2(16)17)10(29,30)31,40-7(24,3(18)19)11(32,33)34)41-8(25,4(20)21)12(35,36)37/h1-4H/q-1. The molecule has 0 aliphatic carbocycles. The fourth-order valence-corrected chi connectivity index (χ4v) is 1.95. The molecule has 0 radical (unpaired) electrons. The number of hydrogen-bond donors (Lipinski definition) is 0. The summed E-state index contributed by atoms with van der Waals surface area (Å²) in [7, 11) is 0. The van der Waals surface area contributed by atoms with Crippen LogP contribution in [0.5, 0.6) is 0 Å². The van der Waals surface area contributed by atoms with E-state index in [9.17, 15) is 105 Å². The van der Waals surface area contributed by atoms with E-state index in [4.69, 9.17) is 0 Å². The maximum Gasteiger partial charge on any atom is 0.541 e. The predicted octanol–water partition coefficient (Wildman–Crippen LogP) is 7.46. The van der Waals surface area contributed by atoms with Crippen molar-refractivity contribution in [1.82, 2.24) is 0 Å². The molecule has 248 valence electrons. The van der Waals surface area contributed by atoms with Crippen molar-refractivity contribution >= 4 is 6.96 Å². The van der Waals surface area contributed by atoms with Crippen molar-refractivity contribution in [2.24, 2.45) is 0 Å². The van der Waals surface area contributed by atoms with Gasteiger partial charge in [-0.15, -0.1) is 0 Å². The molecule has 0 aliphatic rings. The average molecular weight is 679 g/mol. The quantitative estimate of drug-likeness (QED) is 0.159. The normalized spacial score (nSPS) is 22.0. The Labute approximate surface area is 206 Å². The molecule has 0 heterocycles. The van der Waals surface area contributed by atoms with Gasteiger partial charge in [-0.2, -0.15) is 70.2 Å². The van der Waals surface area contributed by atoms with Crippen molar-refractivity contribution in [3.8, 4) is 0 Å². The molecule has 29 heteroatoms. The lowest BCUT2D eigenvalue weighted by atomic mass is 9.97. The fourth-order valence-electron chi connectivity index (χ4n) is 1.95. The summed E-state index contributed by atoms with van der Waals surface area (Å²) in [6, 6.07) is 0. The molecule has 0 bridgehead atoms. The Morgan fingerprint density at radius 2 is 0.415 bits per heavy atom. The first kappa shape index (κ1) is 39.2. The summed E-state index contributed by atoms with van der Waals surface area (Å²) in [6.45, 7) is -9.11. The molecule has 0 fully saturated rings. The smallest absolute Gasteiger partial charge is 0.478 e. The summed E-state index contributed by atoms with van der Waals surface area (Å²) < 4.78 is 320. The predicted molar refractivity (Wildman–Crippen MR) is 73.7 cm³/mol. The van der Waals surface area contributed by atoms with Crippen LogP contribution in [-0.4, -0.2) is 80.8 Å². The minimum absolute atomic E-state index is 1.81. The highest BCUT2D eigenvalue weighted by molar-refractivity contribution is 6.54. The summed E-state index contributed by atoms with van der Waals surface area (Å²) >= 11 is 0. The second kappa shape index (κ2) is 11.4. The van der Waals surface area contributed by atoms with E-state index in [2.05, 4.69) is 0 Å². The van der Waals surface area contributed by atoms with Gasteiger partial charge < -0.3 is 18.6 Å². The summed E-state index contributed by atoms with van der Waals surface area (Å²) in [6.07, 6.45) is -57.3. The Kier molecular flexibility index (Phi) is 10.9. The Morgan fingerprint density at radius 3 is 0.488 bits per heavy atom. The maximum absolute atomic E-state index is 14.0. The van der Waals surface area contributed by atoms with E-state index in [0.29, 0.717) is 0 Å². The second-order valence-electron chi connectivity index (χ2n) is 6.82. The topological polar surface area (TPSA) is 36.9 Å². The molecule has 0 aromatic carbocycles. The van der Waals surface area contributed by atoms with Gasteiger partial charge >= 0.3 is 80.8 Å². The van der Waals surface area contributed by atoms with Crippen LogP contribution in [-0.2, 0) is 18.6 Å². The van der Waals surface area contributed by atoms with Gasteiger partial charge in [-0.3, -0.25) is 0 Å². The Bertz CT molecular complexity index is 727. The van der Waals surface area contributed by atoms with E-state index in [1.807, 2.05) is 18.6 Å². The number of alkyl halides is 24. The van der Waals surface area contributed by atoms with Gasteiger partial charge in [0.05, 0.1) is 0 Å². The Balaban J connectivity index is 8.26. The van der Waals surface area contributed by atoms with Crippen LogP contribution in [0.1, 0.15) is 0 Å². The van der Waals surface area contributed by atoms with Gasteiger partial charge in [0, 0.05) is 0 Å². The van der Waals surface area contributed by atoms with Crippen LogP contribution >= 0.6 is 0 Å². The van der Waals surface area contributed by atoms with E-state index in [0.717, 1.165) is 0 Å². The van der Waals surface area contributed by atoms with Crippen LogP contribution in [0, 0.1) is 0 Å². The van der Waals surface area contributed by atoms with Gasteiger partial charge in [0.2, 0.25) is 0 Å². The minimum atomic E-state index is -9.11. The van der Waals surface area contributed by atoms with Gasteiger partial charge in [0.1, 0.15) is 0 Å². The molecule has 0 aliphatic heterocycles. The van der Waals surface area contributed by atoms with Crippen molar-refractivity contribution in [1.29, 1.82) is 0 Å². The lowest BCUT2D eigenvalue weighted by Crippen LogP contribution is -2.73. The first-order valence-electron chi connectivity index (χ1n) is 8.68. The van der Waals surface area contributed by atoms with Crippen LogP contribution in [0.3, 0.4) is 0 Å². The zero-order valence-corrected chi connectivity index (χ0v) is 17.6. The number of hydrogen-bond acceptors (Lipinski definition) is 4. The molecule has 0 aromatic heterocycles. The Hall–Kier alpha value is -1.78. The van der Waals surface area contributed by atoms with E-state index >= 15 is 0 Å². The third kappa shape index (κ3) is 7.42. The molecule has 4 nitrogen and oxygen atoms in total. The molecule has 0 saturated carbocycles. The summed E-state index contributed by atoms with van der Waals surface area (Å²) in [5, 5.41) is 0. The molecule has 0 saturated heterocycles. The summed E-state index contributed by atoms with van der Waals surface area (Å²) in [5.41, 5.74) is 0. The lowest BCUT2D eigenvalue weighted by molar-refractivity contribution is -0.430. The fraction of sp³-hybridized carbons (Fsp3) is 1.00. The monoisotopic (exact) mass is 679 g/mol. The highest BCUT2D eigenvalue weighted by Crippen LogP contribution is 2.53. The molecule has 0 rings (SSSR count). The van der Waals surface area contributed by atoms with E-state index < -0.39 is 80.8 Å². The summed E-state index contributed by atoms with van der Waals surface area (Å²) in [5.74, 6) is -31.2. The molecular weight excluding hydrogens is 675 g/mol.